The highest BCUT2D eigenvalue weighted by atomic mass is 32.2. The third-order valence-electron chi connectivity index (χ3n) is 3.82. The van der Waals surface area contributed by atoms with E-state index in [9.17, 15) is 13.2 Å². The number of nitrogens with zero attached hydrogens (tertiary/aromatic N) is 1. The highest BCUT2D eigenvalue weighted by molar-refractivity contribution is 7.89. The predicted octanol–water partition coefficient (Wildman–Crippen LogP) is 2.89. The Kier molecular flexibility index (Phi) is 4.83. The van der Waals surface area contributed by atoms with Crippen molar-refractivity contribution in [3.63, 3.8) is 0 Å². The van der Waals surface area contributed by atoms with Gasteiger partial charge in [0.1, 0.15) is 0 Å². The molecule has 0 N–H and O–H groups in total. The third-order valence-corrected chi connectivity index (χ3v) is 5.63. The van der Waals surface area contributed by atoms with Crippen molar-refractivity contribution in [2.75, 3.05) is 6.54 Å². The van der Waals surface area contributed by atoms with Gasteiger partial charge in [0, 0.05) is 12.5 Å². The molecule has 4 nitrogen and oxygen atoms in total. The summed E-state index contributed by atoms with van der Waals surface area (Å²) in [5.74, 6) is -0.571. The molecule has 0 aromatic heterocycles. The van der Waals surface area contributed by atoms with Crippen LogP contribution in [0, 0.1) is 12.8 Å². The maximum Gasteiger partial charge on any atom is 0.266 e. The molecule has 114 valence electrons. The van der Waals surface area contributed by atoms with Crippen LogP contribution in [-0.2, 0) is 14.8 Å². The highest BCUT2D eigenvalue weighted by Gasteiger charge is 2.34. The summed E-state index contributed by atoms with van der Waals surface area (Å²) in [4.78, 5) is 12.7. The quantitative estimate of drug-likeness (QED) is 0.804. The number of aryl methyl sites for hydroxylation is 1. The summed E-state index contributed by atoms with van der Waals surface area (Å²) >= 11 is 0. The summed E-state index contributed by atoms with van der Waals surface area (Å²) < 4.78 is 26.4. The van der Waals surface area contributed by atoms with Crippen LogP contribution < -0.4 is 0 Å². The van der Waals surface area contributed by atoms with E-state index in [4.69, 9.17) is 0 Å². The molecule has 1 saturated heterocycles. The first kappa shape index (κ1) is 15.8. The topological polar surface area (TPSA) is 54.5 Å². The Bertz CT molecular complexity index is 619. The van der Waals surface area contributed by atoms with Crippen LogP contribution in [-0.4, -0.2) is 25.2 Å². The molecule has 5 heteroatoms. The van der Waals surface area contributed by atoms with Gasteiger partial charge in [-0.1, -0.05) is 30.2 Å². The number of benzene rings is 1. The molecule has 0 spiro atoms. The van der Waals surface area contributed by atoms with Crippen molar-refractivity contribution in [2.24, 2.45) is 5.92 Å². The van der Waals surface area contributed by atoms with E-state index in [-0.39, 0.29) is 23.3 Å². The van der Waals surface area contributed by atoms with E-state index < -0.39 is 10.0 Å². The Morgan fingerprint density at radius 1 is 1.29 bits per heavy atom. The first-order valence-corrected chi connectivity index (χ1v) is 8.65. The fourth-order valence-electron chi connectivity index (χ4n) is 2.58. The van der Waals surface area contributed by atoms with Crippen LogP contribution in [0.15, 0.2) is 41.8 Å². The lowest BCUT2D eigenvalue weighted by Gasteiger charge is -2.23. The molecule has 1 unspecified atom stereocenters. The summed E-state index contributed by atoms with van der Waals surface area (Å²) in [5, 5.41) is 0. The van der Waals surface area contributed by atoms with Gasteiger partial charge in [-0.2, -0.15) is 0 Å². The molecule has 1 aromatic carbocycles. The maximum absolute atomic E-state index is 12.7. The summed E-state index contributed by atoms with van der Waals surface area (Å²) in [6.45, 7) is 5.82. The van der Waals surface area contributed by atoms with Gasteiger partial charge in [-0.25, -0.2) is 12.7 Å². The molecule has 1 aromatic rings. The van der Waals surface area contributed by atoms with E-state index in [0.717, 1.165) is 22.7 Å². The van der Waals surface area contributed by atoms with Crippen molar-refractivity contribution in [3.8, 4) is 0 Å². The molecule has 0 bridgehead atoms. The number of hydrogen-bond acceptors (Lipinski definition) is 3. The largest absolute Gasteiger partial charge is 0.273 e. The first-order chi connectivity index (χ1) is 9.96. The number of carbonyl (C=O) groups is 1. The van der Waals surface area contributed by atoms with Gasteiger partial charge < -0.3 is 0 Å². The molecule has 1 amide bonds. The zero-order valence-electron chi connectivity index (χ0n) is 12.3. The molecule has 1 heterocycles. The molecule has 0 radical (unpaired) electrons. The second-order valence-electron chi connectivity index (χ2n) is 5.45. The number of rotatable bonds is 4. The molecule has 0 saturated carbocycles. The van der Waals surface area contributed by atoms with Gasteiger partial charge in [-0.3, -0.25) is 4.79 Å². The van der Waals surface area contributed by atoms with Gasteiger partial charge in [-0.15, -0.1) is 6.58 Å². The number of allylic oxidation sites excluding steroid dienone is 1. The number of carbonyl (C=O) groups excluding carboxylic acids is 1. The van der Waals surface area contributed by atoms with E-state index in [1.165, 1.54) is 0 Å². The lowest BCUT2D eigenvalue weighted by atomic mass is 9.99. The van der Waals surface area contributed by atoms with Crippen molar-refractivity contribution in [1.29, 1.82) is 0 Å². The smallest absolute Gasteiger partial charge is 0.266 e. The standard InChI is InChI=1S/C16H21NO3S/c1-3-6-14-7-4-5-12-17(16(14)18)21(19,20)15-10-8-13(2)9-11-15/h3,8-11,14H,1,4-7,12H2,2H3. The predicted molar refractivity (Wildman–Crippen MR) is 82.2 cm³/mol. The molecule has 0 aliphatic carbocycles. The molecule has 1 aliphatic rings. The second kappa shape index (κ2) is 6.43. The zero-order chi connectivity index (χ0) is 15.5. The summed E-state index contributed by atoms with van der Waals surface area (Å²) in [5.41, 5.74) is 0.987. The van der Waals surface area contributed by atoms with Crippen LogP contribution in [0.4, 0.5) is 0 Å². The van der Waals surface area contributed by atoms with Crippen molar-refractivity contribution in [1.82, 2.24) is 4.31 Å². The van der Waals surface area contributed by atoms with Crippen LogP contribution in [0.5, 0.6) is 0 Å². The van der Waals surface area contributed by atoms with Crippen LogP contribution in [0.3, 0.4) is 0 Å². The maximum atomic E-state index is 12.7. The average Bonchev–Trinajstić information content (AvgIpc) is 2.63. The van der Waals surface area contributed by atoms with E-state index in [2.05, 4.69) is 6.58 Å². The fraction of sp³-hybridized carbons (Fsp3) is 0.438. The second-order valence-corrected chi connectivity index (χ2v) is 7.31. The van der Waals surface area contributed by atoms with Crippen molar-refractivity contribution in [2.45, 2.75) is 37.5 Å². The van der Waals surface area contributed by atoms with Gasteiger partial charge in [0.25, 0.3) is 10.0 Å². The van der Waals surface area contributed by atoms with Crippen molar-refractivity contribution in [3.05, 3.63) is 42.5 Å². The summed E-state index contributed by atoms with van der Waals surface area (Å²) in [6.07, 6.45) is 4.52. The molecular formula is C16H21NO3S. The van der Waals surface area contributed by atoms with Crippen molar-refractivity contribution >= 4 is 15.9 Å². The number of sulfonamides is 1. The van der Waals surface area contributed by atoms with E-state index in [1.807, 2.05) is 6.92 Å². The Balaban J connectivity index is 2.34. The van der Waals surface area contributed by atoms with Crippen LogP contribution in [0.2, 0.25) is 0 Å². The van der Waals surface area contributed by atoms with E-state index in [1.54, 1.807) is 30.3 Å². The van der Waals surface area contributed by atoms with Gasteiger partial charge in [0.2, 0.25) is 5.91 Å². The molecular weight excluding hydrogens is 286 g/mol. The fourth-order valence-corrected chi connectivity index (χ4v) is 4.07. The number of amides is 1. The minimum Gasteiger partial charge on any atom is -0.273 e. The SMILES string of the molecule is C=CCC1CCCCN(S(=O)(=O)c2ccc(C)cc2)C1=O. The summed E-state index contributed by atoms with van der Waals surface area (Å²) in [6, 6.07) is 6.61. The van der Waals surface area contributed by atoms with Gasteiger partial charge in [0.05, 0.1) is 4.90 Å². The first-order valence-electron chi connectivity index (χ1n) is 7.21. The van der Waals surface area contributed by atoms with Crippen LogP contribution in [0.25, 0.3) is 0 Å². The lowest BCUT2D eigenvalue weighted by Crippen LogP contribution is -2.39. The lowest BCUT2D eigenvalue weighted by molar-refractivity contribution is -0.130. The van der Waals surface area contributed by atoms with Crippen LogP contribution >= 0.6 is 0 Å². The monoisotopic (exact) mass is 307 g/mol. The van der Waals surface area contributed by atoms with E-state index >= 15 is 0 Å². The van der Waals surface area contributed by atoms with Gasteiger partial charge in [-0.05, 0) is 38.3 Å². The van der Waals surface area contributed by atoms with Crippen LogP contribution in [0.1, 0.15) is 31.2 Å². The number of hydrogen-bond donors (Lipinski definition) is 0. The van der Waals surface area contributed by atoms with Gasteiger partial charge in [0.15, 0.2) is 0 Å². The summed E-state index contributed by atoms with van der Waals surface area (Å²) in [7, 11) is -3.75. The minimum absolute atomic E-state index is 0.181. The molecule has 1 aliphatic heterocycles. The Hall–Kier alpha value is -1.62. The normalized spacial score (nSPS) is 20.1. The Morgan fingerprint density at radius 3 is 2.57 bits per heavy atom. The van der Waals surface area contributed by atoms with E-state index in [0.29, 0.717) is 12.8 Å². The zero-order valence-corrected chi connectivity index (χ0v) is 13.1. The van der Waals surface area contributed by atoms with Gasteiger partial charge >= 0.3 is 0 Å². The molecule has 1 atom stereocenters. The molecule has 21 heavy (non-hydrogen) atoms. The van der Waals surface area contributed by atoms with Crippen molar-refractivity contribution < 1.29 is 13.2 Å². The molecule has 2 rings (SSSR count). The highest BCUT2D eigenvalue weighted by Crippen LogP contribution is 2.26. The molecule has 1 fully saturated rings. The Labute approximate surface area is 126 Å². The minimum atomic E-state index is -3.75. The third kappa shape index (κ3) is 3.35. The Morgan fingerprint density at radius 2 is 1.95 bits per heavy atom. The average molecular weight is 307 g/mol.